The van der Waals surface area contributed by atoms with Gasteiger partial charge in [0.1, 0.15) is 17.6 Å². The van der Waals surface area contributed by atoms with Crippen LogP contribution in [0.15, 0.2) is 71.3 Å². The van der Waals surface area contributed by atoms with E-state index in [2.05, 4.69) is 5.32 Å². The lowest BCUT2D eigenvalue weighted by molar-refractivity contribution is -0.127. The van der Waals surface area contributed by atoms with Crippen molar-refractivity contribution in [2.24, 2.45) is 0 Å². The monoisotopic (exact) mass is 464 g/mol. The average Bonchev–Trinajstić information content (AvgIpc) is 3.40. The van der Waals surface area contributed by atoms with Crippen LogP contribution in [-0.4, -0.2) is 29.9 Å². The lowest BCUT2D eigenvalue weighted by Crippen LogP contribution is -2.46. The molecule has 1 fully saturated rings. The van der Waals surface area contributed by atoms with Gasteiger partial charge < -0.3 is 19.4 Å². The van der Waals surface area contributed by atoms with Crippen LogP contribution in [0, 0.1) is 5.82 Å². The molecule has 4 rings (SSSR count). The molecule has 1 atom stereocenters. The molecule has 34 heavy (non-hydrogen) atoms. The fourth-order valence-electron chi connectivity index (χ4n) is 4.48. The number of nitrogens with one attached hydrogen (secondary N) is 1. The van der Waals surface area contributed by atoms with E-state index in [1.807, 2.05) is 18.2 Å². The molecule has 3 aromatic rings. The molecule has 0 spiro atoms. The van der Waals surface area contributed by atoms with Gasteiger partial charge in [0, 0.05) is 11.6 Å². The number of methoxy groups -OCH3 is 1. The number of hydrogen-bond donors (Lipinski definition) is 1. The summed E-state index contributed by atoms with van der Waals surface area (Å²) in [6.07, 6.45) is 6.50. The lowest BCUT2D eigenvalue weighted by atomic mass is 9.94. The maximum absolute atomic E-state index is 13.7. The number of ether oxygens (including phenoxy) is 1. The number of hydrogen-bond acceptors (Lipinski definition) is 4. The molecular formula is C27H29FN2O4. The predicted molar refractivity (Wildman–Crippen MR) is 126 cm³/mol. The highest BCUT2D eigenvalue weighted by Gasteiger charge is 2.35. The number of furan rings is 1. The quantitative estimate of drug-likeness (QED) is 0.494. The Morgan fingerprint density at radius 1 is 1.06 bits per heavy atom. The molecule has 1 unspecified atom stereocenters. The van der Waals surface area contributed by atoms with Gasteiger partial charge in [0.05, 0.1) is 19.9 Å². The summed E-state index contributed by atoms with van der Waals surface area (Å²) in [4.78, 5) is 28.8. The van der Waals surface area contributed by atoms with Crippen molar-refractivity contribution in [1.29, 1.82) is 0 Å². The first-order valence-electron chi connectivity index (χ1n) is 11.6. The molecular weight excluding hydrogens is 435 g/mol. The Balaban J connectivity index is 1.74. The van der Waals surface area contributed by atoms with E-state index < -0.39 is 17.8 Å². The van der Waals surface area contributed by atoms with E-state index in [1.54, 1.807) is 37.4 Å². The van der Waals surface area contributed by atoms with E-state index in [0.717, 1.165) is 37.7 Å². The molecule has 0 bridgehead atoms. The van der Waals surface area contributed by atoms with Gasteiger partial charge in [0.15, 0.2) is 5.76 Å². The van der Waals surface area contributed by atoms with Crippen LogP contribution in [0.5, 0.6) is 5.75 Å². The predicted octanol–water partition coefficient (Wildman–Crippen LogP) is 5.26. The first kappa shape index (κ1) is 23.5. The van der Waals surface area contributed by atoms with E-state index >= 15 is 0 Å². The highest BCUT2D eigenvalue weighted by molar-refractivity contribution is 5.96. The van der Waals surface area contributed by atoms with Gasteiger partial charge >= 0.3 is 0 Å². The minimum Gasteiger partial charge on any atom is -0.496 e. The molecule has 178 valence electrons. The van der Waals surface area contributed by atoms with Crippen molar-refractivity contribution in [3.8, 4) is 5.75 Å². The molecule has 0 aliphatic heterocycles. The summed E-state index contributed by atoms with van der Waals surface area (Å²) < 4.78 is 24.6. The van der Waals surface area contributed by atoms with Crippen LogP contribution in [0.3, 0.4) is 0 Å². The Hall–Kier alpha value is -3.61. The second kappa shape index (κ2) is 11.0. The Morgan fingerprint density at radius 2 is 1.79 bits per heavy atom. The molecule has 6 nitrogen and oxygen atoms in total. The van der Waals surface area contributed by atoms with E-state index in [-0.39, 0.29) is 24.3 Å². The summed E-state index contributed by atoms with van der Waals surface area (Å²) in [7, 11) is 1.56. The van der Waals surface area contributed by atoms with Crippen LogP contribution >= 0.6 is 0 Å². The molecule has 1 heterocycles. The Kier molecular flexibility index (Phi) is 7.62. The molecule has 0 radical (unpaired) electrons. The second-order valence-corrected chi connectivity index (χ2v) is 8.52. The third-order valence-electron chi connectivity index (χ3n) is 6.22. The van der Waals surface area contributed by atoms with E-state index in [9.17, 15) is 14.0 Å². The molecule has 1 aliphatic carbocycles. The second-order valence-electron chi connectivity index (χ2n) is 8.52. The highest BCUT2D eigenvalue weighted by Crippen LogP contribution is 2.30. The average molecular weight is 465 g/mol. The van der Waals surface area contributed by atoms with Gasteiger partial charge in [-0.25, -0.2) is 4.39 Å². The van der Waals surface area contributed by atoms with E-state index in [0.29, 0.717) is 11.3 Å². The molecule has 1 aliphatic rings. The zero-order valence-electron chi connectivity index (χ0n) is 19.2. The van der Waals surface area contributed by atoms with Crippen molar-refractivity contribution >= 4 is 11.8 Å². The van der Waals surface area contributed by atoms with Gasteiger partial charge in [-0.15, -0.1) is 0 Å². The maximum Gasteiger partial charge on any atom is 0.290 e. The number of benzene rings is 2. The van der Waals surface area contributed by atoms with Gasteiger partial charge in [0.2, 0.25) is 5.91 Å². The maximum atomic E-state index is 13.7. The number of carbonyl (C=O) groups is 2. The fourth-order valence-corrected chi connectivity index (χ4v) is 4.48. The molecule has 7 heteroatoms. The van der Waals surface area contributed by atoms with Gasteiger partial charge in [-0.1, -0.05) is 49.6 Å². The molecule has 2 aromatic carbocycles. The van der Waals surface area contributed by atoms with Gasteiger partial charge in [-0.05, 0) is 48.7 Å². The number of amides is 2. The zero-order chi connectivity index (χ0) is 23.9. The minimum atomic E-state index is -0.981. The number of carbonyl (C=O) groups excluding carboxylic acids is 2. The van der Waals surface area contributed by atoms with Crippen LogP contribution < -0.4 is 10.1 Å². The van der Waals surface area contributed by atoms with Crippen LogP contribution in [0.1, 0.15) is 59.8 Å². The van der Waals surface area contributed by atoms with E-state index in [1.165, 1.54) is 23.3 Å². The number of nitrogens with zero attached hydrogens (tertiary/aromatic N) is 1. The largest absolute Gasteiger partial charge is 0.496 e. The summed E-state index contributed by atoms with van der Waals surface area (Å²) >= 11 is 0. The lowest BCUT2D eigenvalue weighted by Gasteiger charge is -2.33. The van der Waals surface area contributed by atoms with Crippen molar-refractivity contribution < 1.29 is 23.1 Å². The van der Waals surface area contributed by atoms with E-state index in [4.69, 9.17) is 9.15 Å². The van der Waals surface area contributed by atoms with Crippen molar-refractivity contribution in [1.82, 2.24) is 10.2 Å². The van der Waals surface area contributed by atoms with Crippen molar-refractivity contribution in [2.45, 2.75) is 50.7 Å². The molecule has 2 amide bonds. The number of rotatable bonds is 8. The number of para-hydroxylation sites is 1. The van der Waals surface area contributed by atoms with Crippen LogP contribution in [0.2, 0.25) is 0 Å². The summed E-state index contributed by atoms with van der Waals surface area (Å²) in [6.45, 7) is 0.101. The SMILES string of the molecule is COc1ccccc1CN(C(=O)c1ccco1)C(C(=O)NC1CCCCC1)c1ccc(F)cc1. The molecule has 1 N–H and O–H groups in total. The van der Waals surface area contributed by atoms with Gasteiger partial charge in [-0.2, -0.15) is 0 Å². The molecule has 1 aromatic heterocycles. The van der Waals surface area contributed by atoms with Crippen molar-refractivity contribution in [3.63, 3.8) is 0 Å². The Morgan fingerprint density at radius 3 is 2.47 bits per heavy atom. The van der Waals surface area contributed by atoms with Gasteiger partial charge in [-0.3, -0.25) is 9.59 Å². The summed E-state index contributed by atoms with van der Waals surface area (Å²) in [5.41, 5.74) is 1.26. The third kappa shape index (κ3) is 5.47. The summed E-state index contributed by atoms with van der Waals surface area (Å²) in [6, 6.07) is 15.3. The first-order valence-corrected chi connectivity index (χ1v) is 11.6. The fraction of sp³-hybridized carbons (Fsp3) is 0.333. The Bertz CT molecular complexity index is 1090. The normalized spacial score (nSPS) is 14.9. The van der Waals surface area contributed by atoms with Crippen LogP contribution in [0.25, 0.3) is 0 Å². The smallest absolute Gasteiger partial charge is 0.290 e. The molecule has 1 saturated carbocycles. The topological polar surface area (TPSA) is 71.8 Å². The van der Waals surface area contributed by atoms with Crippen molar-refractivity contribution in [2.75, 3.05) is 7.11 Å². The van der Waals surface area contributed by atoms with Gasteiger partial charge in [0.25, 0.3) is 5.91 Å². The standard InChI is InChI=1S/C27H29FN2O4/c1-33-23-11-6-5-8-20(23)18-30(27(32)24-12-7-17-34-24)25(19-13-15-21(28)16-14-19)26(31)29-22-9-3-2-4-10-22/h5-8,11-17,22,25H,2-4,9-10,18H2,1H3,(H,29,31). The summed E-state index contributed by atoms with van der Waals surface area (Å²) in [5, 5.41) is 3.14. The minimum absolute atomic E-state index is 0.0519. The third-order valence-corrected chi connectivity index (χ3v) is 6.22. The highest BCUT2D eigenvalue weighted by atomic mass is 19.1. The Labute approximate surface area is 198 Å². The summed E-state index contributed by atoms with van der Waals surface area (Å²) in [5.74, 6) is -0.432. The van der Waals surface area contributed by atoms with Crippen LogP contribution in [0.4, 0.5) is 4.39 Å². The zero-order valence-corrected chi connectivity index (χ0v) is 19.2. The molecule has 0 saturated heterocycles. The van der Waals surface area contributed by atoms with Crippen LogP contribution in [-0.2, 0) is 11.3 Å². The number of halogens is 1. The van der Waals surface area contributed by atoms with Crippen molar-refractivity contribution in [3.05, 3.63) is 89.6 Å². The first-order chi connectivity index (χ1) is 16.6.